The summed E-state index contributed by atoms with van der Waals surface area (Å²) in [4.78, 5) is 30.0. The lowest BCUT2D eigenvalue weighted by Gasteiger charge is -2.34. The molecule has 1 aliphatic heterocycles. The Hall–Kier alpha value is -3.15. The molecule has 1 saturated heterocycles. The second kappa shape index (κ2) is 10.5. The molecule has 208 valence electrons. The second-order valence-electron chi connectivity index (χ2n) is 9.72. The number of carbonyl (C=O) groups is 2. The molecule has 0 aliphatic carbocycles. The molecule has 38 heavy (non-hydrogen) atoms. The SMILES string of the molecule is Cc1cccc(C)c1N1C[C@@](CN(C)CCF)(C(=O)Nc2cc(C(F)(F)F)cc(C(F)(F)F)c2)C(C)C1=O. The Kier molecular flexibility index (Phi) is 8.16. The average Bonchev–Trinajstić information content (AvgIpc) is 3.04. The third-order valence-electron chi connectivity index (χ3n) is 6.93. The Bertz CT molecular complexity index is 1160. The van der Waals surface area contributed by atoms with Crippen LogP contribution in [0.15, 0.2) is 36.4 Å². The van der Waals surface area contributed by atoms with Gasteiger partial charge in [0.1, 0.15) is 6.67 Å². The molecule has 2 atom stereocenters. The number of nitrogens with one attached hydrogen (secondary N) is 1. The van der Waals surface area contributed by atoms with Crippen LogP contribution in [0.2, 0.25) is 0 Å². The molecule has 0 aromatic heterocycles. The largest absolute Gasteiger partial charge is 0.416 e. The van der Waals surface area contributed by atoms with Crippen LogP contribution in [0.1, 0.15) is 29.2 Å². The summed E-state index contributed by atoms with van der Waals surface area (Å²) < 4.78 is 93.3. The number of nitrogens with zero attached hydrogens (tertiary/aromatic N) is 2. The van der Waals surface area contributed by atoms with E-state index in [-0.39, 0.29) is 25.7 Å². The van der Waals surface area contributed by atoms with E-state index in [2.05, 4.69) is 5.32 Å². The molecule has 0 saturated carbocycles. The van der Waals surface area contributed by atoms with Crippen LogP contribution in [-0.4, -0.2) is 50.1 Å². The van der Waals surface area contributed by atoms with Crippen LogP contribution in [0.3, 0.4) is 0 Å². The Labute approximate surface area is 215 Å². The van der Waals surface area contributed by atoms with Crippen molar-refractivity contribution >= 4 is 23.2 Å². The highest BCUT2D eigenvalue weighted by Gasteiger charge is 2.56. The lowest BCUT2D eigenvalue weighted by atomic mass is 9.77. The molecule has 0 radical (unpaired) electrons. The van der Waals surface area contributed by atoms with Crippen molar-refractivity contribution in [1.82, 2.24) is 4.90 Å². The molecule has 1 unspecified atom stereocenters. The van der Waals surface area contributed by atoms with Gasteiger partial charge in [0.2, 0.25) is 11.8 Å². The molecule has 2 aromatic rings. The highest BCUT2D eigenvalue weighted by molar-refractivity contribution is 6.08. The maximum absolute atomic E-state index is 13.7. The second-order valence-corrected chi connectivity index (χ2v) is 9.72. The number of anilines is 2. The molecule has 1 N–H and O–H groups in total. The minimum absolute atomic E-state index is 0.0368. The number of carbonyl (C=O) groups excluding carboxylic acids is 2. The van der Waals surface area contributed by atoms with E-state index < -0.39 is 59.0 Å². The van der Waals surface area contributed by atoms with Crippen molar-refractivity contribution in [2.75, 3.05) is 43.6 Å². The molecule has 0 bridgehead atoms. The van der Waals surface area contributed by atoms with Gasteiger partial charge in [0, 0.05) is 31.0 Å². The number of halogens is 7. The van der Waals surface area contributed by atoms with E-state index in [0.717, 1.165) is 11.1 Å². The van der Waals surface area contributed by atoms with Crippen LogP contribution in [0.25, 0.3) is 0 Å². The maximum atomic E-state index is 13.7. The highest BCUT2D eigenvalue weighted by Crippen LogP contribution is 2.43. The molecular formula is C26H28F7N3O2. The van der Waals surface area contributed by atoms with Gasteiger partial charge in [-0.3, -0.25) is 9.59 Å². The third-order valence-corrected chi connectivity index (χ3v) is 6.93. The summed E-state index contributed by atoms with van der Waals surface area (Å²) in [5.74, 6) is -2.40. The number of benzene rings is 2. The predicted molar refractivity (Wildman–Crippen MR) is 128 cm³/mol. The summed E-state index contributed by atoms with van der Waals surface area (Å²) in [7, 11) is 1.51. The van der Waals surface area contributed by atoms with Gasteiger partial charge in [0.05, 0.1) is 22.5 Å². The van der Waals surface area contributed by atoms with Crippen LogP contribution in [-0.2, 0) is 21.9 Å². The molecule has 1 aliphatic rings. The minimum atomic E-state index is -5.10. The van der Waals surface area contributed by atoms with Crippen molar-refractivity contribution in [3.8, 4) is 0 Å². The average molecular weight is 548 g/mol. The molecule has 2 aromatic carbocycles. The number of alkyl halides is 7. The van der Waals surface area contributed by atoms with E-state index in [1.54, 1.807) is 32.0 Å². The van der Waals surface area contributed by atoms with Crippen molar-refractivity contribution in [3.63, 3.8) is 0 Å². The summed E-state index contributed by atoms with van der Waals surface area (Å²) in [5.41, 5.74) is -3.45. The molecular weight excluding hydrogens is 519 g/mol. The molecule has 1 heterocycles. The third kappa shape index (κ3) is 5.79. The summed E-state index contributed by atoms with van der Waals surface area (Å²) in [5, 5.41) is 2.21. The number of hydrogen-bond donors (Lipinski definition) is 1. The fourth-order valence-electron chi connectivity index (χ4n) is 4.90. The van der Waals surface area contributed by atoms with Gasteiger partial charge < -0.3 is 15.1 Å². The van der Waals surface area contributed by atoms with E-state index in [1.807, 2.05) is 0 Å². The zero-order valence-electron chi connectivity index (χ0n) is 21.2. The normalized spacial score (nSPS) is 20.4. The molecule has 1 fully saturated rings. The first-order valence-electron chi connectivity index (χ1n) is 11.7. The number of hydrogen-bond acceptors (Lipinski definition) is 3. The van der Waals surface area contributed by atoms with Gasteiger partial charge in [0.25, 0.3) is 0 Å². The standard InChI is InChI=1S/C26H28F7N3O2/c1-15-6-5-7-16(2)21(15)36-14-24(17(3)22(36)37,13-35(4)9-8-27)23(38)34-20-11-18(25(28,29)30)10-19(12-20)26(31,32)33/h5-7,10-12,17H,8-9,13-14H2,1-4H3,(H,34,38)/t17?,24-/m1/s1. The van der Waals surface area contributed by atoms with Gasteiger partial charge in [-0.15, -0.1) is 0 Å². The monoisotopic (exact) mass is 547 g/mol. The Morgan fingerprint density at radius 2 is 1.58 bits per heavy atom. The number of aryl methyl sites for hydroxylation is 2. The summed E-state index contributed by atoms with van der Waals surface area (Å²) >= 11 is 0. The van der Waals surface area contributed by atoms with Gasteiger partial charge in [-0.05, 0) is 50.2 Å². The molecule has 5 nitrogen and oxygen atoms in total. The van der Waals surface area contributed by atoms with Gasteiger partial charge in [-0.1, -0.05) is 25.1 Å². The van der Waals surface area contributed by atoms with Gasteiger partial charge in [-0.25, -0.2) is 4.39 Å². The zero-order chi connectivity index (χ0) is 28.6. The van der Waals surface area contributed by atoms with Gasteiger partial charge in [0.15, 0.2) is 0 Å². The fourth-order valence-corrected chi connectivity index (χ4v) is 4.90. The van der Waals surface area contributed by atoms with E-state index in [4.69, 9.17) is 0 Å². The van der Waals surface area contributed by atoms with Gasteiger partial charge in [-0.2, -0.15) is 26.3 Å². The van der Waals surface area contributed by atoms with Crippen LogP contribution in [0, 0.1) is 25.2 Å². The first kappa shape index (κ1) is 29.4. The lowest BCUT2D eigenvalue weighted by Crippen LogP contribution is -2.50. The van der Waals surface area contributed by atoms with Crippen LogP contribution < -0.4 is 10.2 Å². The minimum Gasteiger partial charge on any atom is -0.325 e. The van der Waals surface area contributed by atoms with E-state index in [9.17, 15) is 40.3 Å². The number of para-hydroxylation sites is 1. The van der Waals surface area contributed by atoms with Crippen molar-refractivity contribution in [3.05, 3.63) is 58.7 Å². The van der Waals surface area contributed by atoms with Crippen LogP contribution in [0.5, 0.6) is 0 Å². The number of amides is 2. The summed E-state index contributed by atoms with van der Waals surface area (Å²) in [6, 6.07) is 6.13. The highest BCUT2D eigenvalue weighted by atomic mass is 19.4. The van der Waals surface area contributed by atoms with Crippen molar-refractivity contribution in [2.45, 2.75) is 33.1 Å². The quantitative estimate of drug-likeness (QED) is 0.443. The van der Waals surface area contributed by atoms with E-state index in [1.165, 1.54) is 23.8 Å². The Morgan fingerprint density at radius 3 is 2.05 bits per heavy atom. The smallest absolute Gasteiger partial charge is 0.325 e. The molecule has 3 rings (SSSR count). The van der Waals surface area contributed by atoms with E-state index in [0.29, 0.717) is 17.8 Å². The fraction of sp³-hybridized carbons (Fsp3) is 0.462. The molecule has 0 spiro atoms. The van der Waals surface area contributed by atoms with Crippen molar-refractivity contribution < 1.29 is 40.3 Å². The first-order valence-corrected chi connectivity index (χ1v) is 11.7. The van der Waals surface area contributed by atoms with Gasteiger partial charge >= 0.3 is 12.4 Å². The van der Waals surface area contributed by atoms with Crippen molar-refractivity contribution in [1.29, 1.82) is 0 Å². The summed E-state index contributed by atoms with van der Waals surface area (Å²) in [6.45, 7) is 3.80. The zero-order valence-corrected chi connectivity index (χ0v) is 21.2. The van der Waals surface area contributed by atoms with Crippen LogP contribution >= 0.6 is 0 Å². The van der Waals surface area contributed by atoms with Crippen molar-refractivity contribution in [2.24, 2.45) is 11.3 Å². The van der Waals surface area contributed by atoms with Crippen LogP contribution in [0.4, 0.5) is 42.1 Å². The Morgan fingerprint density at radius 1 is 1.05 bits per heavy atom. The predicted octanol–water partition coefficient (Wildman–Crippen LogP) is 5.85. The topological polar surface area (TPSA) is 52.6 Å². The van der Waals surface area contributed by atoms with E-state index >= 15 is 0 Å². The lowest BCUT2D eigenvalue weighted by molar-refractivity contribution is -0.143. The number of rotatable bonds is 7. The maximum Gasteiger partial charge on any atom is 0.416 e. The molecule has 2 amide bonds. The Balaban J connectivity index is 2.09. The summed E-state index contributed by atoms with van der Waals surface area (Å²) in [6.07, 6.45) is -10.2. The first-order chi connectivity index (χ1) is 17.5. The molecule has 12 heteroatoms.